The summed E-state index contributed by atoms with van der Waals surface area (Å²) in [6.45, 7) is 0. The average molecular weight is 210 g/mol. The molecule has 0 bridgehead atoms. The van der Waals surface area contributed by atoms with Crippen LogP contribution < -0.4 is 0 Å². The highest BCUT2D eigenvalue weighted by atomic mass is 16.4. The monoisotopic (exact) mass is 210 g/mol. The Balaban J connectivity index is 2.10. The van der Waals surface area contributed by atoms with E-state index >= 15 is 0 Å². The molecule has 1 saturated carbocycles. The van der Waals surface area contributed by atoms with E-state index in [2.05, 4.69) is 0 Å². The van der Waals surface area contributed by atoms with E-state index in [0.717, 1.165) is 25.7 Å². The van der Waals surface area contributed by atoms with Crippen LogP contribution in [0.2, 0.25) is 0 Å². The smallest absolute Gasteiger partial charge is 0.371 e. The van der Waals surface area contributed by atoms with Crippen molar-refractivity contribution in [2.45, 2.75) is 31.8 Å². The largest absolute Gasteiger partial charge is 0.475 e. The molecule has 4 heteroatoms. The standard InChI is InChI=1S/C11H14O4/c12-10(7-3-1-2-4-7)8-5-6-9(15-8)11(13)14/h5-7,10,12H,1-4H2,(H,13,14). The number of aromatic carboxylic acids is 1. The Bertz CT molecular complexity index is 349. The van der Waals surface area contributed by atoms with Gasteiger partial charge < -0.3 is 14.6 Å². The molecule has 15 heavy (non-hydrogen) atoms. The van der Waals surface area contributed by atoms with Crippen molar-refractivity contribution in [3.63, 3.8) is 0 Å². The minimum Gasteiger partial charge on any atom is -0.475 e. The van der Waals surface area contributed by atoms with Gasteiger partial charge in [0, 0.05) is 0 Å². The third-order valence-electron chi connectivity index (χ3n) is 2.98. The fraction of sp³-hybridized carbons (Fsp3) is 0.545. The summed E-state index contributed by atoms with van der Waals surface area (Å²) >= 11 is 0. The molecule has 1 heterocycles. The fourth-order valence-electron chi connectivity index (χ4n) is 2.13. The first-order chi connectivity index (χ1) is 7.18. The summed E-state index contributed by atoms with van der Waals surface area (Å²) in [5, 5.41) is 18.6. The second-order valence-electron chi connectivity index (χ2n) is 4.00. The second-order valence-corrected chi connectivity index (χ2v) is 4.00. The van der Waals surface area contributed by atoms with E-state index in [1.54, 1.807) is 6.07 Å². The summed E-state index contributed by atoms with van der Waals surface area (Å²) in [6, 6.07) is 2.93. The first-order valence-corrected chi connectivity index (χ1v) is 5.19. The molecule has 0 aliphatic heterocycles. The molecule has 0 saturated heterocycles. The van der Waals surface area contributed by atoms with Crippen molar-refractivity contribution in [1.82, 2.24) is 0 Å². The number of aliphatic hydroxyl groups excluding tert-OH is 1. The first kappa shape index (κ1) is 10.2. The van der Waals surface area contributed by atoms with Gasteiger partial charge in [-0.05, 0) is 30.9 Å². The molecule has 1 atom stereocenters. The summed E-state index contributed by atoms with van der Waals surface area (Å²) in [5.74, 6) is -0.612. The van der Waals surface area contributed by atoms with E-state index < -0.39 is 12.1 Å². The quantitative estimate of drug-likeness (QED) is 0.802. The molecule has 1 aliphatic carbocycles. The maximum absolute atomic E-state index is 10.6. The van der Waals surface area contributed by atoms with Gasteiger partial charge in [0.25, 0.3) is 0 Å². The van der Waals surface area contributed by atoms with E-state index in [1.807, 2.05) is 0 Å². The van der Waals surface area contributed by atoms with Crippen LogP contribution in [0.25, 0.3) is 0 Å². The molecular formula is C11H14O4. The lowest BCUT2D eigenvalue weighted by molar-refractivity contribution is 0.0627. The molecule has 2 N–H and O–H groups in total. The molecule has 0 amide bonds. The van der Waals surface area contributed by atoms with Gasteiger partial charge >= 0.3 is 5.97 Å². The Kier molecular flexibility index (Phi) is 2.77. The molecule has 1 unspecified atom stereocenters. The molecule has 4 nitrogen and oxygen atoms in total. The topological polar surface area (TPSA) is 70.7 Å². The number of carboxylic acid groups (broad SMARTS) is 1. The first-order valence-electron chi connectivity index (χ1n) is 5.19. The maximum Gasteiger partial charge on any atom is 0.371 e. The molecule has 0 radical (unpaired) electrons. The minimum absolute atomic E-state index is 0.109. The van der Waals surface area contributed by atoms with Crippen LogP contribution in [0, 0.1) is 5.92 Å². The lowest BCUT2D eigenvalue weighted by atomic mass is 9.99. The van der Waals surface area contributed by atoms with Crippen LogP contribution in [0.15, 0.2) is 16.5 Å². The van der Waals surface area contributed by atoms with Crippen molar-refractivity contribution in [2.75, 3.05) is 0 Å². The lowest BCUT2D eigenvalue weighted by Gasteiger charge is -2.14. The predicted octanol–water partition coefficient (Wildman–Crippen LogP) is 2.20. The van der Waals surface area contributed by atoms with Crippen LogP contribution in [-0.4, -0.2) is 16.2 Å². The van der Waals surface area contributed by atoms with E-state index in [4.69, 9.17) is 9.52 Å². The zero-order valence-corrected chi connectivity index (χ0v) is 8.35. The Hall–Kier alpha value is -1.29. The summed E-state index contributed by atoms with van der Waals surface area (Å²) in [7, 11) is 0. The van der Waals surface area contributed by atoms with Crippen molar-refractivity contribution in [3.05, 3.63) is 23.7 Å². The van der Waals surface area contributed by atoms with Gasteiger partial charge in [-0.25, -0.2) is 4.79 Å². The van der Waals surface area contributed by atoms with Crippen molar-refractivity contribution in [2.24, 2.45) is 5.92 Å². The summed E-state index contributed by atoms with van der Waals surface area (Å²) in [4.78, 5) is 10.6. The van der Waals surface area contributed by atoms with Crippen molar-refractivity contribution in [1.29, 1.82) is 0 Å². The number of hydrogen-bond donors (Lipinski definition) is 2. The van der Waals surface area contributed by atoms with Gasteiger partial charge in [0.2, 0.25) is 5.76 Å². The van der Waals surface area contributed by atoms with Crippen LogP contribution in [0.3, 0.4) is 0 Å². The number of furan rings is 1. The van der Waals surface area contributed by atoms with Gasteiger partial charge in [-0.1, -0.05) is 12.8 Å². The number of carbonyl (C=O) groups is 1. The number of hydrogen-bond acceptors (Lipinski definition) is 3. The molecule has 1 aromatic rings. The van der Waals surface area contributed by atoms with E-state index in [0.29, 0.717) is 5.76 Å². The second kappa shape index (κ2) is 4.06. The SMILES string of the molecule is O=C(O)c1ccc(C(O)C2CCCC2)o1. The molecule has 0 spiro atoms. The van der Waals surface area contributed by atoms with Crippen LogP contribution >= 0.6 is 0 Å². The Morgan fingerprint density at radius 2 is 2.07 bits per heavy atom. The molecular weight excluding hydrogens is 196 g/mol. The molecule has 1 aliphatic rings. The van der Waals surface area contributed by atoms with Gasteiger partial charge in [0.05, 0.1) is 0 Å². The highest BCUT2D eigenvalue weighted by Gasteiger charge is 2.27. The third kappa shape index (κ3) is 2.04. The van der Waals surface area contributed by atoms with Gasteiger partial charge in [0.15, 0.2) is 0 Å². The van der Waals surface area contributed by atoms with Gasteiger partial charge in [0.1, 0.15) is 11.9 Å². The fourth-order valence-corrected chi connectivity index (χ4v) is 2.13. The molecule has 0 aromatic carbocycles. The Morgan fingerprint density at radius 3 is 2.60 bits per heavy atom. The van der Waals surface area contributed by atoms with E-state index in [1.165, 1.54) is 6.07 Å². The molecule has 82 valence electrons. The van der Waals surface area contributed by atoms with E-state index in [-0.39, 0.29) is 11.7 Å². The number of aliphatic hydroxyl groups is 1. The van der Waals surface area contributed by atoms with Crippen LogP contribution in [0.4, 0.5) is 0 Å². The number of carboxylic acids is 1. The van der Waals surface area contributed by atoms with Crippen LogP contribution in [-0.2, 0) is 0 Å². The molecule has 1 aromatic heterocycles. The van der Waals surface area contributed by atoms with Crippen molar-refractivity contribution >= 4 is 5.97 Å². The maximum atomic E-state index is 10.6. The van der Waals surface area contributed by atoms with Crippen molar-refractivity contribution < 1.29 is 19.4 Å². The highest BCUT2D eigenvalue weighted by Crippen LogP contribution is 2.36. The zero-order chi connectivity index (χ0) is 10.8. The van der Waals surface area contributed by atoms with Gasteiger partial charge in [-0.15, -0.1) is 0 Å². The molecule has 2 rings (SSSR count). The van der Waals surface area contributed by atoms with Crippen LogP contribution in [0.5, 0.6) is 0 Å². The minimum atomic E-state index is -1.10. The average Bonchev–Trinajstić information content (AvgIpc) is 2.88. The van der Waals surface area contributed by atoms with E-state index in [9.17, 15) is 9.90 Å². The summed E-state index contributed by atoms with van der Waals surface area (Å²) in [5.41, 5.74) is 0. The molecule has 1 fully saturated rings. The normalized spacial score (nSPS) is 19.3. The lowest BCUT2D eigenvalue weighted by Crippen LogP contribution is -2.07. The number of rotatable bonds is 3. The Morgan fingerprint density at radius 1 is 1.40 bits per heavy atom. The Labute approximate surface area is 87.5 Å². The van der Waals surface area contributed by atoms with Gasteiger partial charge in [-0.2, -0.15) is 0 Å². The summed E-state index contributed by atoms with van der Waals surface area (Å²) in [6.07, 6.45) is 3.59. The third-order valence-corrected chi connectivity index (χ3v) is 2.98. The van der Waals surface area contributed by atoms with Gasteiger partial charge in [-0.3, -0.25) is 0 Å². The summed E-state index contributed by atoms with van der Waals surface area (Å²) < 4.78 is 5.07. The zero-order valence-electron chi connectivity index (χ0n) is 8.35. The highest BCUT2D eigenvalue weighted by molar-refractivity contribution is 5.84. The predicted molar refractivity (Wildman–Crippen MR) is 52.6 cm³/mol. The van der Waals surface area contributed by atoms with Crippen LogP contribution in [0.1, 0.15) is 48.1 Å². The van der Waals surface area contributed by atoms with Crippen molar-refractivity contribution in [3.8, 4) is 0 Å².